The van der Waals surface area contributed by atoms with Crippen LogP contribution in [0.2, 0.25) is 10.0 Å². The van der Waals surface area contributed by atoms with E-state index in [0.717, 1.165) is 11.1 Å². The minimum Gasteiger partial charge on any atom is -0.258 e. The second-order valence-corrected chi connectivity index (χ2v) is 10.5. The van der Waals surface area contributed by atoms with Crippen LogP contribution in [-0.4, -0.2) is 19.9 Å². The lowest BCUT2D eigenvalue weighted by Crippen LogP contribution is -1.98. The van der Waals surface area contributed by atoms with Gasteiger partial charge in [0.05, 0.1) is 21.2 Å². The lowest BCUT2D eigenvalue weighted by molar-refractivity contribution is -0.385. The molecule has 0 aliphatic heterocycles. The molecule has 4 aromatic rings. The van der Waals surface area contributed by atoms with Crippen molar-refractivity contribution >= 4 is 77.6 Å². The molecule has 38 heavy (non-hydrogen) atoms. The SMILES string of the molecule is O=[N+]([O-])c1ccc(N=C(SSC(=Nc2ccc([N+](=O)[O-])cc2)c2ccc(Cl)cc2)c2ccc(Cl)cc2)cc1. The third kappa shape index (κ3) is 7.42. The van der Waals surface area contributed by atoms with E-state index >= 15 is 0 Å². The molecular formula is C26H16Cl2N4O4S2. The molecule has 0 heterocycles. The third-order valence-electron chi connectivity index (χ3n) is 4.96. The first-order chi connectivity index (χ1) is 18.3. The predicted octanol–water partition coefficient (Wildman–Crippen LogP) is 9.05. The van der Waals surface area contributed by atoms with Crippen molar-refractivity contribution in [3.05, 3.63) is 138 Å². The van der Waals surface area contributed by atoms with Gasteiger partial charge in [0, 0.05) is 45.4 Å². The molecule has 0 spiro atoms. The summed E-state index contributed by atoms with van der Waals surface area (Å²) in [6.45, 7) is 0. The molecule has 0 bridgehead atoms. The first kappa shape index (κ1) is 27.3. The Bertz CT molecular complexity index is 1390. The summed E-state index contributed by atoms with van der Waals surface area (Å²) in [6.07, 6.45) is 0. The summed E-state index contributed by atoms with van der Waals surface area (Å²) in [6, 6.07) is 26.2. The fourth-order valence-corrected chi connectivity index (χ4v) is 5.49. The van der Waals surface area contributed by atoms with Gasteiger partial charge in [-0.3, -0.25) is 20.2 Å². The number of non-ortho nitro benzene ring substituents is 2. The Hall–Kier alpha value is -3.70. The van der Waals surface area contributed by atoms with Gasteiger partial charge in [0.15, 0.2) is 0 Å². The molecule has 0 atom stereocenters. The quantitative estimate of drug-likeness (QED) is 0.0736. The standard InChI is InChI=1S/C26H16Cl2N4O4S2/c27-19-5-1-17(2-6-19)25(29-21-9-13-23(14-10-21)31(33)34)37-38-26(18-3-7-20(28)8-4-18)30-22-11-15-24(16-12-22)32(35)36/h1-16H. The van der Waals surface area contributed by atoms with Gasteiger partial charge in [0.2, 0.25) is 0 Å². The normalized spacial score (nSPS) is 11.8. The van der Waals surface area contributed by atoms with E-state index in [1.807, 2.05) is 24.3 Å². The van der Waals surface area contributed by atoms with Crippen LogP contribution in [0.4, 0.5) is 22.7 Å². The lowest BCUT2D eigenvalue weighted by atomic mass is 10.2. The van der Waals surface area contributed by atoms with E-state index < -0.39 is 9.85 Å². The highest BCUT2D eigenvalue weighted by atomic mass is 35.5. The summed E-state index contributed by atoms with van der Waals surface area (Å²) >= 11 is 12.2. The number of benzene rings is 4. The molecule has 0 aliphatic rings. The van der Waals surface area contributed by atoms with E-state index in [1.54, 1.807) is 48.5 Å². The Kier molecular flexibility index (Phi) is 9.14. The van der Waals surface area contributed by atoms with E-state index in [9.17, 15) is 20.2 Å². The highest BCUT2D eigenvalue weighted by Crippen LogP contribution is 2.35. The van der Waals surface area contributed by atoms with Crippen molar-refractivity contribution in [3.8, 4) is 0 Å². The molecule has 0 aliphatic carbocycles. The maximum absolute atomic E-state index is 11.0. The van der Waals surface area contributed by atoms with Crippen molar-refractivity contribution in [1.82, 2.24) is 0 Å². The Morgan fingerprint density at radius 1 is 0.553 bits per heavy atom. The Morgan fingerprint density at radius 3 is 1.16 bits per heavy atom. The molecule has 0 amide bonds. The van der Waals surface area contributed by atoms with Crippen molar-refractivity contribution in [1.29, 1.82) is 0 Å². The van der Waals surface area contributed by atoms with Crippen LogP contribution in [0, 0.1) is 20.2 Å². The molecule has 0 N–H and O–H groups in total. The number of halogens is 2. The van der Waals surface area contributed by atoms with Gasteiger partial charge < -0.3 is 0 Å². The number of aliphatic imine (C=N–C) groups is 2. The molecule has 12 heteroatoms. The first-order valence-electron chi connectivity index (χ1n) is 10.8. The molecule has 0 aromatic heterocycles. The Labute approximate surface area is 235 Å². The summed E-state index contributed by atoms with van der Waals surface area (Å²) in [5, 5.41) is 24.4. The van der Waals surface area contributed by atoms with Crippen LogP contribution < -0.4 is 0 Å². The van der Waals surface area contributed by atoms with Gasteiger partial charge in [0.1, 0.15) is 10.1 Å². The molecule has 4 rings (SSSR count). The zero-order valence-corrected chi connectivity index (χ0v) is 22.4. The van der Waals surface area contributed by atoms with Gasteiger partial charge in [-0.2, -0.15) is 0 Å². The minimum atomic E-state index is -0.467. The molecule has 0 radical (unpaired) electrons. The topological polar surface area (TPSA) is 111 Å². The largest absolute Gasteiger partial charge is 0.269 e. The Balaban J connectivity index is 1.69. The van der Waals surface area contributed by atoms with Crippen molar-refractivity contribution < 1.29 is 9.85 Å². The smallest absolute Gasteiger partial charge is 0.258 e. The molecule has 0 fully saturated rings. The van der Waals surface area contributed by atoms with Gasteiger partial charge in [-0.15, -0.1) is 0 Å². The third-order valence-corrected chi connectivity index (χ3v) is 7.72. The fraction of sp³-hybridized carbons (Fsp3) is 0. The predicted molar refractivity (Wildman–Crippen MR) is 157 cm³/mol. The molecule has 4 aromatic carbocycles. The van der Waals surface area contributed by atoms with E-state index in [0.29, 0.717) is 31.5 Å². The van der Waals surface area contributed by atoms with Crippen molar-refractivity contribution in [3.63, 3.8) is 0 Å². The summed E-state index contributed by atoms with van der Waals surface area (Å²) < 4.78 is 0. The number of nitro groups is 2. The minimum absolute atomic E-state index is 0.0284. The Morgan fingerprint density at radius 2 is 0.868 bits per heavy atom. The van der Waals surface area contributed by atoms with E-state index in [-0.39, 0.29) is 11.4 Å². The van der Waals surface area contributed by atoms with Crippen molar-refractivity contribution in [2.75, 3.05) is 0 Å². The number of nitro benzene ring substituents is 2. The second-order valence-electron chi connectivity index (χ2n) is 7.56. The van der Waals surface area contributed by atoms with Crippen LogP contribution in [-0.2, 0) is 0 Å². The average Bonchev–Trinajstić information content (AvgIpc) is 2.92. The van der Waals surface area contributed by atoms with Gasteiger partial charge in [0.25, 0.3) is 11.4 Å². The molecule has 0 saturated heterocycles. The van der Waals surface area contributed by atoms with Gasteiger partial charge in [-0.05, 0) is 70.1 Å². The van der Waals surface area contributed by atoms with Crippen molar-refractivity contribution in [2.24, 2.45) is 9.98 Å². The van der Waals surface area contributed by atoms with Crippen LogP contribution in [0.5, 0.6) is 0 Å². The van der Waals surface area contributed by atoms with Crippen LogP contribution in [0.25, 0.3) is 0 Å². The average molecular weight is 583 g/mol. The summed E-state index contributed by atoms with van der Waals surface area (Å²) in [5.74, 6) is 0. The molecule has 8 nitrogen and oxygen atoms in total. The summed E-state index contributed by atoms with van der Waals surface area (Å²) in [5.41, 5.74) is 2.59. The molecule has 0 saturated carbocycles. The molecule has 190 valence electrons. The van der Waals surface area contributed by atoms with Gasteiger partial charge >= 0.3 is 0 Å². The van der Waals surface area contributed by atoms with Crippen LogP contribution >= 0.6 is 44.8 Å². The first-order valence-corrected chi connectivity index (χ1v) is 13.7. The number of nitrogens with zero attached hydrogens (tertiary/aromatic N) is 4. The number of rotatable bonds is 6. The molecular weight excluding hydrogens is 567 g/mol. The summed E-state index contributed by atoms with van der Waals surface area (Å²) in [4.78, 5) is 30.5. The van der Waals surface area contributed by atoms with Gasteiger partial charge in [-0.1, -0.05) is 47.5 Å². The number of hydrogen-bond donors (Lipinski definition) is 0. The zero-order chi connectivity index (χ0) is 27.1. The zero-order valence-electron chi connectivity index (χ0n) is 19.2. The lowest BCUT2D eigenvalue weighted by Gasteiger charge is -2.10. The van der Waals surface area contributed by atoms with Crippen LogP contribution in [0.3, 0.4) is 0 Å². The summed E-state index contributed by atoms with van der Waals surface area (Å²) in [7, 11) is 2.68. The fourth-order valence-electron chi connectivity index (χ4n) is 3.06. The molecule has 0 unspecified atom stereocenters. The van der Waals surface area contributed by atoms with Gasteiger partial charge in [-0.25, -0.2) is 9.98 Å². The highest BCUT2D eigenvalue weighted by molar-refractivity contribution is 8.87. The second kappa shape index (κ2) is 12.7. The van der Waals surface area contributed by atoms with E-state index in [1.165, 1.54) is 45.9 Å². The van der Waals surface area contributed by atoms with Crippen molar-refractivity contribution in [2.45, 2.75) is 0 Å². The van der Waals surface area contributed by atoms with E-state index in [2.05, 4.69) is 0 Å². The van der Waals surface area contributed by atoms with Crippen LogP contribution in [0.15, 0.2) is 107 Å². The maximum atomic E-state index is 11.0. The number of hydrogen-bond acceptors (Lipinski definition) is 8. The van der Waals surface area contributed by atoms with E-state index in [4.69, 9.17) is 33.2 Å². The highest BCUT2D eigenvalue weighted by Gasteiger charge is 2.13. The monoisotopic (exact) mass is 582 g/mol. The van der Waals surface area contributed by atoms with Crippen LogP contribution in [0.1, 0.15) is 11.1 Å². The maximum Gasteiger partial charge on any atom is 0.269 e.